The molecule has 0 saturated carbocycles. The fraction of sp³-hybridized carbons (Fsp3) is 0.174. The van der Waals surface area contributed by atoms with Gasteiger partial charge in [0.2, 0.25) is 0 Å². The van der Waals surface area contributed by atoms with Gasteiger partial charge in [-0.2, -0.15) is 5.10 Å². The summed E-state index contributed by atoms with van der Waals surface area (Å²) in [5.41, 5.74) is 3.21. The van der Waals surface area contributed by atoms with E-state index in [2.05, 4.69) is 25.7 Å². The van der Waals surface area contributed by atoms with Crippen molar-refractivity contribution < 1.29 is 13.9 Å². The van der Waals surface area contributed by atoms with E-state index in [0.29, 0.717) is 30.3 Å². The summed E-state index contributed by atoms with van der Waals surface area (Å²) in [6.45, 7) is 3.11. The highest BCUT2D eigenvalue weighted by Gasteiger charge is 2.14. The van der Waals surface area contributed by atoms with Gasteiger partial charge in [0.15, 0.2) is 11.6 Å². The molecule has 0 aliphatic carbocycles. The summed E-state index contributed by atoms with van der Waals surface area (Å²) in [4.78, 5) is 14.7. The molecule has 4 aromatic rings. The maximum absolute atomic E-state index is 12.5. The monoisotopic (exact) mass is 415 g/mol. The lowest BCUT2D eigenvalue weighted by Gasteiger charge is -2.28. The second-order valence-electron chi connectivity index (χ2n) is 7.20. The third kappa shape index (κ3) is 4.34. The summed E-state index contributed by atoms with van der Waals surface area (Å²) < 4.78 is 11.0. The van der Waals surface area contributed by atoms with Crippen molar-refractivity contribution in [2.75, 3.05) is 41.8 Å². The first-order valence-electron chi connectivity index (χ1n) is 10.1. The van der Waals surface area contributed by atoms with Gasteiger partial charge in [-0.25, -0.2) is 0 Å². The molecule has 2 aromatic heterocycles. The maximum atomic E-state index is 12.5. The fourth-order valence-electron chi connectivity index (χ4n) is 3.48. The molecule has 8 nitrogen and oxygen atoms in total. The molecule has 1 aliphatic heterocycles. The quantitative estimate of drug-likeness (QED) is 0.508. The standard InChI is InChI=1S/C23H21N5O3/c29-23(21-13-16-3-1-2-4-20(16)31-21)26-18-7-5-17(6-8-18)25-22-14-19(15-24-27-22)28-9-11-30-12-10-28/h1-8,13-15H,9-12H2,(H,25,27)(H,26,29). The molecule has 31 heavy (non-hydrogen) atoms. The zero-order valence-corrected chi connectivity index (χ0v) is 16.7. The van der Waals surface area contributed by atoms with Crippen molar-refractivity contribution in [2.24, 2.45) is 0 Å². The van der Waals surface area contributed by atoms with Crippen LogP contribution in [0.2, 0.25) is 0 Å². The number of morpholine rings is 1. The predicted molar refractivity (Wildman–Crippen MR) is 119 cm³/mol. The molecule has 156 valence electrons. The van der Waals surface area contributed by atoms with Crippen LogP contribution < -0.4 is 15.5 Å². The van der Waals surface area contributed by atoms with Crippen LogP contribution in [0.15, 0.2) is 71.3 Å². The number of carbonyl (C=O) groups is 1. The molecular weight excluding hydrogens is 394 g/mol. The van der Waals surface area contributed by atoms with Crippen LogP contribution in [0, 0.1) is 0 Å². The Labute approximate surface area is 178 Å². The first-order valence-corrected chi connectivity index (χ1v) is 10.1. The molecule has 0 unspecified atom stereocenters. The van der Waals surface area contributed by atoms with Crippen molar-refractivity contribution in [3.63, 3.8) is 0 Å². The van der Waals surface area contributed by atoms with Crippen LogP contribution in [-0.2, 0) is 4.74 Å². The Morgan fingerprint density at radius 3 is 2.55 bits per heavy atom. The Kier molecular flexibility index (Phi) is 5.20. The second-order valence-corrected chi connectivity index (χ2v) is 7.20. The highest BCUT2D eigenvalue weighted by Crippen LogP contribution is 2.23. The number of fused-ring (bicyclic) bond motifs is 1. The third-order valence-corrected chi connectivity index (χ3v) is 5.08. The SMILES string of the molecule is O=C(Nc1ccc(Nc2cc(N3CCOCC3)cnn2)cc1)c1cc2ccccc2o1. The lowest BCUT2D eigenvalue weighted by molar-refractivity contribution is 0.0998. The highest BCUT2D eigenvalue weighted by atomic mass is 16.5. The van der Waals surface area contributed by atoms with Crippen LogP contribution in [0.1, 0.15) is 10.6 Å². The molecule has 1 amide bonds. The normalized spacial score (nSPS) is 13.9. The molecule has 8 heteroatoms. The van der Waals surface area contributed by atoms with Gasteiger partial charge in [-0.15, -0.1) is 5.10 Å². The number of nitrogens with one attached hydrogen (secondary N) is 2. The van der Waals surface area contributed by atoms with E-state index in [-0.39, 0.29) is 11.7 Å². The lowest BCUT2D eigenvalue weighted by Crippen LogP contribution is -2.36. The third-order valence-electron chi connectivity index (χ3n) is 5.08. The topological polar surface area (TPSA) is 92.5 Å². The van der Waals surface area contributed by atoms with E-state index >= 15 is 0 Å². The molecule has 2 N–H and O–H groups in total. The van der Waals surface area contributed by atoms with Crippen molar-refractivity contribution in [2.45, 2.75) is 0 Å². The number of hydrogen-bond donors (Lipinski definition) is 2. The summed E-state index contributed by atoms with van der Waals surface area (Å²) in [5.74, 6) is 0.641. The fourth-order valence-corrected chi connectivity index (χ4v) is 3.48. The van der Waals surface area contributed by atoms with Gasteiger partial charge in [0, 0.05) is 35.9 Å². The van der Waals surface area contributed by atoms with E-state index in [1.165, 1.54) is 0 Å². The van der Waals surface area contributed by atoms with E-state index < -0.39 is 0 Å². The average molecular weight is 415 g/mol. The largest absolute Gasteiger partial charge is 0.451 e. The summed E-state index contributed by atoms with van der Waals surface area (Å²) >= 11 is 0. The Morgan fingerprint density at radius 2 is 1.74 bits per heavy atom. The van der Waals surface area contributed by atoms with Gasteiger partial charge in [-0.3, -0.25) is 4.79 Å². The Balaban J connectivity index is 1.24. The number of hydrogen-bond acceptors (Lipinski definition) is 7. The Hall–Kier alpha value is -3.91. The summed E-state index contributed by atoms with van der Waals surface area (Å²) in [6.07, 6.45) is 1.76. The zero-order chi connectivity index (χ0) is 21.0. The molecule has 2 aromatic carbocycles. The molecule has 1 saturated heterocycles. The molecule has 1 fully saturated rings. The van der Waals surface area contributed by atoms with Gasteiger partial charge in [0.1, 0.15) is 5.58 Å². The number of nitrogens with zero attached hydrogens (tertiary/aromatic N) is 3. The molecule has 1 aliphatic rings. The number of rotatable bonds is 5. The minimum absolute atomic E-state index is 0.276. The first kappa shape index (κ1) is 19.1. The molecular formula is C23H21N5O3. The molecule has 3 heterocycles. The number of benzene rings is 2. The van der Waals surface area contributed by atoms with Crippen molar-refractivity contribution in [3.8, 4) is 0 Å². The maximum Gasteiger partial charge on any atom is 0.291 e. The number of aromatic nitrogens is 2. The van der Waals surface area contributed by atoms with E-state index in [1.54, 1.807) is 12.3 Å². The van der Waals surface area contributed by atoms with Crippen molar-refractivity contribution in [3.05, 3.63) is 72.6 Å². The minimum Gasteiger partial charge on any atom is -0.451 e. The van der Waals surface area contributed by atoms with Crippen LogP contribution in [-0.4, -0.2) is 42.4 Å². The van der Waals surface area contributed by atoms with E-state index in [9.17, 15) is 4.79 Å². The number of amides is 1. The molecule has 5 rings (SSSR count). The number of para-hydroxylation sites is 1. The number of ether oxygens (including phenoxy) is 1. The molecule has 0 radical (unpaired) electrons. The predicted octanol–water partition coefficient (Wildman–Crippen LogP) is 4.06. The van der Waals surface area contributed by atoms with Crippen LogP contribution in [0.25, 0.3) is 11.0 Å². The van der Waals surface area contributed by atoms with Gasteiger partial charge in [-0.05, 0) is 36.4 Å². The number of furan rings is 1. The molecule has 0 bridgehead atoms. The smallest absolute Gasteiger partial charge is 0.291 e. The van der Waals surface area contributed by atoms with Crippen LogP contribution in [0.5, 0.6) is 0 Å². The van der Waals surface area contributed by atoms with Crippen molar-refractivity contribution in [1.82, 2.24) is 10.2 Å². The van der Waals surface area contributed by atoms with Gasteiger partial charge < -0.3 is 24.7 Å². The summed E-state index contributed by atoms with van der Waals surface area (Å²) in [5, 5.41) is 15.3. The summed E-state index contributed by atoms with van der Waals surface area (Å²) in [7, 11) is 0. The van der Waals surface area contributed by atoms with Crippen LogP contribution in [0.3, 0.4) is 0 Å². The minimum atomic E-state index is -0.291. The Bertz CT molecular complexity index is 1170. The molecule has 0 atom stereocenters. The van der Waals surface area contributed by atoms with E-state index in [1.807, 2.05) is 54.6 Å². The molecule has 0 spiro atoms. The van der Waals surface area contributed by atoms with Gasteiger partial charge in [0.05, 0.1) is 25.1 Å². The summed E-state index contributed by atoms with van der Waals surface area (Å²) in [6, 6.07) is 18.6. The van der Waals surface area contributed by atoms with Gasteiger partial charge >= 0.3 is 0 Å². The lowest BCUT2D eigenvalue weighted by atomic mass is 10.2. The zero-order valence-electron chi connectivity index (χ0n) is 16.7. The first-order chi connectivity index (χ1) is 15.2. The highest BCUT2D eigenvalue weighted by molar-refractivity contribution is 6.04. The van der Waals surface area contributed by atoms with Crippen molar-refractivity contribution in [1.29, 1.82) is 0 Å². The van der Waals surface area contributed by atoms with Gasteiger partial charge in [-0.1, -0.05) is 18.2 Å². The number of carbonyl (C=O) groups excluding carboxylic acids is 1. The number of anilines is 4. The van der Waals surface area contributed by atoms with Crippen molar-refractivity contribution >= 4 is 39.8 Å². The van der Waals surface area contributed by atoms with Crippen LogP contribution >= 0.6 is 0 Å². The Morgan fingerprint density at radius 1 is 0.968 bits per heavy atom. The van der Waals surface area contributed by atoms with Crippen LogP contribution in [0.4, 0.5) is 22.9 Å². The average Bonchev–Trinajstić information content (AvgIpc) is 3.26. The van der Waals surface area contributed by atoms with E-state index in [0.717, 1.165) is 29.9 Å². The van der Waals surface area contributed by atoms with E-state index in [4.69, 9.17) is 9.15 Å². The second kappa shape index (κ2) is 8.45. The van der Waals surface area contributed by atoms with Gasteiger partial charge in [0.25, 0.3) is 5.91 Å².